The number of rotatable bonds is 3. The van der Waals surface area contributed by atoms with Crippen LogP contribution in [0, 0.1) is 3.57 Å². The molecular weight excluding hydrogens is 419 g/mol. The summed E-state index contributed by atoms with van der Waals surface area (Å²) in [6, 6.07) is 8.10. The van der Waals surface area contributed by atoms with Gasteiger partial charge in [0.2, 0.25) is 0 Å². The number of H-pyrrole nitrogens is 1. The average Bonchev–Trinajstić information content (AvgIpc) is 2.91. The molecule has 3 rings (SSSR count). The zero-order valence-electron chi connectivity index (χ0n) is 11.2. The van der Waals surface area contributed by atoms with Crippen molar-refractivity contribution in [1.82, 2.24) is 9.97 Å². The van der Waals surface area contributed by atoms with Gasteiger partial charge in [0.15, 0.2) is 0 Å². The molecule has 0 aliphatic rings. The Morgan fingerprint density at radius 1 is 1.38 bits per heavy atom. The van der Waals surface area contributed by atoms with Crippen molar-refractivity contribution in [3.05, 3.63) is 49.4 Å². The second-order valence-electron chi connectivity index (χ2n) is 4.66. The number of nitrogens with one attached hydrogen (secondary N) is 1. The van der Waals surface area contributed by atoms with Crippen LogP contribution in [-0.4, -0.2) is 9.97 Å². The molecule has 1 unspecified atom stereocenters. The molecule has 0 radical (unpaired) electrons. The van der Waals surface area contributed by atoms with Gasteiger partial charge in [-0.15, -0.1) is 22.9 Å². The minimum atomic E-state index is -0.258. The van der Waals surface area contributed by atoms with Crippen molar-refractivity contribution < 1.29 is 0 Å². The summed E-state index contributed by atoms with van der Waals surface area (Å²) in [6.45, 7) is 1.97. The maximum atomic E-state index is 12.4. The number of hydrogen-bond acceptors (Lipinski definition) is 3. The summed E-state index contributed by atoms with van der Waals surface area (Å²) in [7, 11) is 0. The first-order chi connectivity index (χ1) is 10.1. The van der Waals surface area contributed by atoms with Gasteiger partial charge in [-0.2, -0.15) is 0 Å². The molecular formula is C15H12ClIN2OS. The van der Waals surface area contributed by atoms with Crippen molar-refractivity contribution >= 4 is 55.7 Å². The normalized spacial score (nSPS) is 12.7. The fraction of sp³-hybridized carbons (Fsp3) is 0.200. The van der Waals surface area contributed by atoms with Crippen LogP contribution in [0.15, 0.2) is 34.4 Å². The van der Waals surface area contributed by atoms with Crippen molar-refractivity contribution in [3.63, 3.8) is 0 Å². The summed E-state index contributed by atoms with van der Waals surface area (Å²) in [5.41, 5.74) is 1.83. The Labute approximate surface area is 144 Å². The third-order valence-electron chi connectivity index (χ3n) is 3.27. The van der Waals surface area contributed by atoms with E-state index in [1.807, 2.05) is 36.6 Å². The minimum absolute atomic E-state index is 0.121. The highest BCUT2D eigenvalue weighted by atomic mass is 127. The van der Waals surface area contributed by atoms with E-state index in [1.54, 1.807) is 0 Å². The van der Waals surface area contributed by atoms with E-state index < -0.39 is 0 Å². The Hall–Kier alpha value is -0.920. The Morgan fingerprint density at radius 2 is 2.10 bits per heavy atom. The van der Waals surface area contributed by atoms with E-state index in [9.17, 15) is 4.79 Å². The first-order valence-electron chi connectivity index (χ1n) is 6.51. The summed E-state index contributed by atoms with van der Waals surface area (Å²) < 4.78 is 1.16. The molecule has 0 aliphatic carbocycles. The standard InChI is InChI=1S/C15H12ClIN2OS/c1-2-11(16)13-18-14(20)12-10(7-21-15(12)19-13)8-3-5-9(17)6-4-8/h3-7,11H,2H2,1H3,(H,18,19,20). The van der Waals surface area contributed by atoms with Crippen molar-refractivity contribution in [2.45, 2.75) is 18.7 Å². The van der Waals surface area contributed by atoms with Crippen LogP contribution >= 0.6 is 45.5 Å². The van der Waals surface area contributed by atoms with Crippen LogP contribution in [0.4, 0.5) is 0 Å². The summed E-state index contributed by atoms with van der Waals surface area (Å²) in [6.07, 6.45) is 0.728. The molecule has 6 heteroatoms. The third kappa shape index (κ3) is 2.86. The van der Waals surface area contributed by atoms with E-state index in [0.29, 0.717) is 11.2 Å². The van der Waals surface area contributed by atoms with Crippen LogP contribution in [0.2, 0.25) is 0 Å². The number of fused-ring (bicyclic) bond motifs is 1. The van der Waals surface area contributed by atoms with E-state index in [-0.39, 0.29) is 10.9 Å². The maximum Gasteiger partial charge on any atom is 0.260 e. The van der Waals surface area contributed by atoms with Crippen LogP contribution in [-0.2, 0) is 0 Å². The summed E-state index contributed by atoms with van der Waals surface area (Å²) in [5.74, 6) is 0.549. The molecule has 1 N–H and O–H groups in total. The Bertz CT molecular complexity index is 841. The predicted octanol–water partition coefficient (Wildman–Crippen LogP) is 4.95. The summed E-state index contributed by atoms with van der Waals surface area (Å²) >= 11 is 9.92. The van der Waals surface area contributed by atoms with Crippen LogP contribution in [0.1, 0.15) is 24.5 Å². The van der Waals surface area contributed by atoms with E-state index >= 15 is 0 Å². The van der Waals surface area contributed by atoms with Crippen molar-refractivity contribution in [1.29, 1.82) is 0 Å². The highest BCUT2D eigenvalue weighted by Gasteiger charge is 2.15. The number of hydrogen-bond donors (Lipinski definition) is 1. The summed E-state index contributed by atoms with van der Waals surface area (Å²) in [5, 5.41) is 2.37. The van der Waals surface area contributed by atoms with E-state index in [1.165, 1.54) is 11.3 Å². The number of aromatic amines is 1. The highest BCUT2D eigenvalue weighted by molar-refractivity contribution is 14.1. The van der Waals surface area contributed by atoms with Gasteiger partial charge >= 0.3 is 0 Å². The molecule has 2 aromatic heterocycles. The van der Waals surface area contributed by atoms with E-state index in [0.717, 1.165) is 25.9 Å². The second-order valence-corrected chi connectivity index (χ2v) is 7.29. The molecule has 0 bridgehead atoms. The van der Waals surface area contributed by atoms with Gasteiger partial charge in [-0.05, 0) is 46.7 Å². The topological polar surface area (TPSA) is 45.8 Å². The van der Waals surface area contributed by atoms with Gasteiger partial charge in [0.05, 0.1) is 10.8 Å². The Morgan fingerprint density at radius 3 is 2.76 bits per heavy atom. The van der Waals surface area contributed by atoms with Crippen molar-refractivity contribution in [2.24, 2.45) is 0 Å². The molecule has 3 aromatic rings. The molecule has 1 atom stereocenters. The zero-order valence-corrected chi connectivity index (χ0v) is 14.9. The third-order valence-corrected chi connectivity index (χ3v) is 5.38. The van der Waals surface area contributed by atoms with Gasteiger partial charge in [-0.25, -0.2) is 4.98 Å². The van der Waals surface area contributed by atoms with E-state index in [2.05, 4.69) is 32.6 Å². The first kappa shape index (κ1) is 15.0. The van der Waals surface area contributed by atoms with Crippen LogP contribution in [0.5, 0.6) is 0 Å². The number of halogens is 2. The van der Waals surface area contributed by atoms with Crippen LogP contribution in [0.3, 0.4) is 0 Å². The van der Waals surface area contributed by atoms with E-state index in [4.69, 9.17) is 11.6 Å². The molecule has 0 saturated carbocycles. The quantitative estimate of drug-likeness (QED) is 0.472. The number of aromatic nitrogens is 2. The lowest BCUT2D eigenvalue weighted by molar-refractivity contribution is 0.807. The van der Waals surface area contributed by atoms with Gasteiger partial charge in [0.25, 0.3) is 5.56 Å². The van der Waals surface area contributed by atoms with Gasteiger partial charge in [-0.1, -0.05) is 19.1 Å². The number of alkyl halides is 1. The zero-order chi connectivity index (χ0) is 15.0. The van der Waals surface area contributed by atoms with Crippen LogP contribution in [0.25, 0.3) is 21.3 Å². The summed E-state index contributed by atoms with van der Waals surface area (Å²) in [4.78, 5) is 20.4. The van der Waals surface area contributed by atoms with Gasteiger partial charge < -0.3 is 4.98 Å². The van der Waals surface area contributed by atoms with Gasteiger partial charge in [0, 0.05) is 14.5 Å². The Balaban J connectivity index is 2.19. The lowest BCUT2D eigenvalue weighted by atomic mass is 10.1. The Kier molecular flexibility index (Phi) is 4.33. The van der Waals surface area contributed by atoms with Crippen molar-refractivity contribution in [2.75, 3.05) is 0 Å². The number of thiophene rings is 1. The number of benzene rings is 1. The average molecular weight is 431 g/mol. The lowest BCUT2D eigenvalue weighted by Crippen LogP contribution is -2.12. The van der Waals surface area contributed by atoms with Crippen molar-refractivity contribution in [3.8, 4) is 11.1 Å². The molecule has 2 heterocycles. The fourth-order valence-corrected chi connectivity index (χ4v) is 3.57. The second kappa shape index (κ2) is 6.06. The fourth-order valence-electron chi connectivity index (χ4n) is 2.15. The predicted molar refractivity (Wildman–Crippen MR) is 97.3 cm³/mol. The SMILES string of the molecule is CCC(Cl)c1nc2scc(-c3ccc(I)cc3)c2c(=O)[nH]1. The molecule has 0 aliphatic heterocycles. The minimum Gasteiger partial charge on any atom is -0.309 e. The van der Waals surface area contributed by atoms with Crippen LogP contribution < -0.4 is 5.56 Å². The molecule has 0 fully saturated rings. The monoisotopic (exact) mass is 430 g/mol. The molecule has 0 spiro atoms. The molecule has 3 nitrogen and oxygen atoms in total. The highest BCUT2D eigenvalue weighted by Crippen LogP contribution is 2.32. The number of nitrogens with zero attached hydrogens (tertiary/aromatic N) is 1. The molecule has 1 aromatic carbocycles. The first-order valence-corrected chi connectivity index (χ1v) is 8.91. The smallest absolute Gasteiger partial charge is 0.260 e. The maximum absolute atomic E-state index is 12.4. The van der Waals surface area contributed by atoms with Gasteiger partial charge in [0.1, 0.15) is 10.7 Å². The molecule has 108 valence electrons. The lowest BCUT2D eigenvalue weighted by Gasteiger charge is -2.05. The van der Waals surface area contributed by atoms with Gasteiger partial charge in [-0.3, -0.25) is 4.79 Å². The molecule has 0 amide bonds. The molecule has 21 heavy (non-hydrogen) atoms. The largest absolute Gasteiger partial charge is 0.309 e. The molecule has 0 saturated heterocycles.